The van der Waals surface area contributed by atoms with E-state index in [1.807, 2.05) is 24.3 Å². The number of carbonyl (C=O) groups excluding carboxylic acids is 1. The molecule has 0 saturated heterocycles. The minimum absolute atomic E-state index is 0.137. The molecule has 0 aliphatic carbocycles. The highest BCUT2D eigenvalue weighted by molar-refractivity contribution is 6.00. The first-order valence-corrected chi connectivity index (χ1v) is 10.5. The van der Waals surface area contributed by atoms with E-state index in [2.05, 4.69) is 51.9 Å². The van der Waals surface area contributed by atoms with Crippen LogP contribution in [0.25, 0.3) is 11.3 Å². The van der Waals surface area contributed by atoms with E-state index in [0.29, 0.717) is 23.6 Å². The lowest BCUT2D eigenvalue weighted by Gasteiger charge is -2.07. The number of hydrogen-bond acceptors (Lipinski definition) is 5. The zero-order valence-corrected chi connectivity index (χ0v) is 18.4. The van der Waals surface area contributed by atoms with Crippen molar-refractivity contribution in [3.05, 3.63) is 101 Å². The summed E-state index contributed by atoms with van der Waals surface area (Å²) < 4.78 is 5.84. The number of rotatable bonds is 7. The number of benzene rings is 3. The summed E-state index contributed by atoms with van der Waals surface area (Å²) in [7, 11) is 0. The van der Waals surface area contributed by atoms with Crippen molar-refractivity contribution in [2.45, 2.75) is 20.5 Å². The van der Waals surface area contributed by atoms with Crippen LogP contribution in [0, 0.1) is 6.92 Å². The molecule has 1 heterocycles. The molecule has 33 heavy (non-hydrogen) atoms. The summed E-state index contributed by atoms with van der Waals surface area (Å²) in [4.78, 5) is 12.4. The fourth-order valence-corrected chi connectivity index (χ4v) is 3.15. The number of amides is 1. The number of carbonyl (C=O) groups is 1. The maximum absolute atomic E-state index is 12.4. The summed E-state index contributed by atoms with van der Waals surface area (Å²) in [6.07, 6.45) is 0. The van der Waals surface area contributed by atoms with Gasteiger partial charge in [-0.25, -0.2) is 5.43 Å². The summed E-state index contributed by atoms with van der Waals surface area (Å²) in [6.45, 7) is 4.30. The molecule has 4 rings (SSSR count). The highest BCUT2D eigenvalue weighted by atomic mass is 16.5. The molecule has 0 aliphatic heterocycles. The lowest BCUT2D eigenvalue weighted by Crippen LogP contribution is -2.19. The van der Waals surface area contributed by atoms with Gasteiger partial charge in [-0.15, -0.1) is 0 Å². The third-order valence-electron chi connectivity index (χ3n) is 5.09. The summed E-state index contributed by atoms with van der Waals surface area (Å²) >= 11 is 0. The van der Waals surface area contributed by atoms with Crippen LogP contribution in [0.2, 0.25) is 0 Å². The van der Waals surface area contributed by atoms with Crippen LogP contribution in [-0.4, -0.2) is 26.9 Å². The molecule has 0 unspecified atom stereocenters. The van der Waals surface area contributed by atoms with Gasteiger partial charge in [0.15, 0.2) is 0 Å². The molecule has 0 radical (unpaired) electrons. The van der Waals surface area contributed by atoms with Gasteiger partial charge in [0, 0.05) is 11.1 Å². The Hall–Kier alpha value is -4.39. The molecule has 166 valence electrons. The molecule has 7 heteroatoms. The van der Waals surface area contributed by atoms with Gasteiger partial charge < -0.3 is 9.84 Å². The second kappa shape index (κ2) is 9.82. The third-order valence-corrected chi connectivity index (χ3v) is 5.09. The molecular formula is C26H24N4O3. The number of aromatic nitrogens is 2. The molecule has 1 aromatic heterocycles. The predicted octanol–water partition coefficient (Wildman–Crippen LogP) is 4.82. The van der Waals surface area contributed by atoms with Gasteiger partial charge in [0.1, 0.15) is 23.8 Å². The van der Waals surface area contributed by atoms with E-state index in [0.717, 1.165) is 16.9 Å². The fourth-order valence-electron chi connectivity index (χ4n) is 3.15. The zero-order valence-electron chi connectivity index (χ0n) is 18.4. The number of aryl methyl sites for hydroxylation is 1. The van der Waals surface area contributed by atoms with Crippen LogP contribution in [0.15, 0.2) is 84.0 Å². The highest BCUT2D eigenvalue weighted by Gasteiger charge is 2.11. The van der Waals surface area contributed by atoms with Crippen molar-refractivity contribution in [3.8, 4) is 22.8 Å². The lowest BCUT2D eigenvalue weighted by atomic mass is 10.1. The number of ether oxygens (including phenoxy) is 1. The van der Waals surface area contributed by atoms with Crippen LogP contribution in [-0.2, 0) is 6.61 Å². The van der Waals surface area contributed by atoms with Crippen LogP contribution in [0.1, 0.15) is 34.1 Å². The van der Waals surface area contributed by atoms with Gasteiger partial charge in [-0.3, -0.25) is 9.89 Å². The second-order valence-electron chi connectivity index (χ2n) is 7.65. The molecule has 0 bridgehead atoms. The number of hydrogen-bond donors (Lipinski definition) is 3. The van der Waals surface area contributed by atoms with Gasteiger partial charge in [-0.2, -0.15) is 10.2 Å². The second-order valence-corrected chi connectivity index (χ2v) is 7.65. The van der Waals surface area contributed by atoms with E-state index in [9.17, 15) is 9.90 Å². The van der Waals surface area contributed by atoms with E-state index >= 15 is 0 Å². The SMILES string of the molecule is C/C(=N/NC(=O)c1cc(-c2ccc(OCc3ccc(C)cc3)cc2)n[nH]1)c1cccc(O)c1. The molecule has 0 spiro atoms. The van der Waals surface area contributed by atoms with Crippen molar-refractivity contribution in [1.29, 1.82) is 0 Å². The minimum Gasteiger partial charge on any atom is -0.508 e. The van der Waals surface area contributed by atoms with Crippen molar-refractivity contribution < 1.29 is 14.6 Å². The van der Waals surface area contributed by atoms with Gasteiger partial charge in [0.25, 0.3) is 5.91 Å². The maximum Gasteiger partial charge on any atom is 0.289 e. The Balaban J connectivity index is 1.36. The van der Waals surface area contributed by atoms with Gasteiger partial charge in [0.2, 0.25) is 0 Å². The first-order valence-electron chi connectivity index (χ1n) is 10.5. The normalized spacial score (nSPS) is 11.3. The summed E-state index contributed by atoms with van der Waals surface area (Å²) in [5, 5.41) is 20.6. The van der Waals surface area contributed by atoms with Crippen LogP contribution >= 0.6 is 0 Å². The number of phenols is 1. The summed E-state index contributed by atoms with van der Waals surface area (Å²) in [6, 6.07) is 24.1. The van der Waals surface area contributed by atoms with Crippen LogP contribution in [0.4, 0.5) is 0 Å². The van der Waals surface area contributed by atoms with Crippen molar-refractivity contribution in [2.75, 3.05) is 0 Å². The summed E-state index contributed by atoms with van der Waals surface area (Å²) in [5.41, 5.74) is 7.89. The Morgan fingerprint density at radius 1 is 1.06 bits per heavy atom. The molecule has 0 atom stereocenters. The average Bonchev–Trinajstić information content (AvgIpc) is 3.33. The van der Waals surface area contributed by atoms with E-state index in [-0.39, 0.29) is 11.4 Å². The lowest BCUT2D eigenvalue weighted by molar-refractivity contribution is 0.0950. The Bertz CT molecular complexity index is 1280. The van der Waals surface area contributed by atoms with Crippen molar-refractivity contribution in [2.24, 2.45) is 5.10 Å². The fraction of sp³-hybridized carbons (Fsp3) is 0.115. The number of nitrogens with one attached hydrogen (secondary N) is 2. The van der Waals surface area contributed by atoms with E-state index < -0.39 is 5.91 Å². The van der Waals surface area contributed by atoms with Crippen molar-refractivity contribution >= 4 is 11.6 Å². The van der Waals surface area contributed by atoms with Crippen molar-refractivity contribution in [3.63, 3.8) is 0 Å². The molecule has 0 aliphatic rings. The van der Waals surface area contributed by atoms with Crippen LogP contribution < -0.4 is 10.2 Å². The van der Waals surface area contributed by atoms with Crippen molar-refractivity contribution in [1.82, 2.24) is 15.6 Å². The smallest absolute Gasteiger partial charge is 0.289 e. The topological polar surface area (TPSA) is 99.6 Å². The molecule has 0 saturated carbocycles. The molecular weight excluding hydrogens is 416 g/mol. The minimum atomic E-state index is -0.411. The summed E-state index contributed by atoms with van der Waals surface area (Å²) in [5.74, 6) is 0.481. The Kier molecular flexibility index (Phi) is 6.50. The van der Waals surface area contributed by atoms with E-state index in [1.165, 1.54) is 5.56 Å². The molecule has 3 N–H and O–H groups in total. The van der Waals surface area contributed by atoms with Gasteiger partial charge in [-0.1, -0.05) is 42.0 Å². The first-order chi connectivity index (χ1) is 16.0. The Morgan fingerprint density at radius 3 is 2.55 bits per heavy atom. The van der Waals surface area contributed by atoms with E-state index in [1.54, 1.807) is 37.3 Å². The van der Waals surface area contributed by atoms with Gasteiger partial charge >= 0.3 is 0 Å². The average molecular weight is 441 g/mol. The number of aromatic amines is 1. The Morgan fingerprint density at radius 2 is 1.82 bits per heavy atom. The number of hydrazone groups is 1. The number of phenolic OH excluding ortho intramolecular Hbond substituents is 1. The number of nitrogens with zero attached hydrogens (tertiary/aromatic N) is 2. The highest BCUT2D eigenvalue weighted by Crippen LogP contribution is 2.22. The van der Waals surface area contributed by atoms with Crippen LogP contribution in [0.3, 0.4) is 0 Å². The van der Waals surface area contributed by atoms with E-state index in [4.69, 9.17) is 4.74 Å². The molecule has 1 amide bonds. The zero-order chi connectivity index (χ0) is 23.2. The molecule has 3 aromatic carbocycles. The number of aromatic hydroxyl groups is 1. The third kappa shape index (κ3) is 5.65. The first kappa shape index (κ1) is 21.8. The monoisotopic (exact) mass is 440 g/mol. The largest absolute Gasteiger partial charge is 0.508 e. The van der Waals surface area contributed by atoms with Crippen LogP contribution in [0.5, 0.6) is 11.5 Å². The Labute approximate surface area is 191 Å². The quantitative estimate of drug-likeness (QED) is 0.283. The molecule has 4 aromatic rings. The molecule has 7 nitrogen and oxygen atoms in total. The molecule has 0 fully saturated rings. The number of H-pyrrole nitrogens is 1. The standard InChI is InChI=1S/C26H24N4O3/c1-17-6-8-19(9-7-17)16-33-23-12-10-20(11-13-23)24-15-25(29-28-24)26(32)30-27-18(2)21-4-3-5-22(31)14-21/h3-15,31H,16H2,1-2H3,(H,28,29)(H,30,32)/b27-18-. The van der Waals surface area contributed by atoms with Gasteiger partial charge in [0.05, 0.1) is 11.4 Å². The predicted molar refractivity (Wildman–Crippen MR) is 127 cm³/mol. The maximum atomic E-state index is 12.4. The van der Waals surface area contributed by atoms with Gasteiger partial charge in [-0.05, 0) is 61.9 Å².